The standard InChI is InChI=1S/C26H37N5O8/c1-4-13(2)21(25(37)31-22(14(3)32)26(38)39)30-24(36)19(9-10-20(33)34)29-23(35)17(27)11-15-12-28-18-8-6-5-7-16(15)18/h5-8,12-14,17,19,21-22,28,32H,4,9-11,27H2,1-3H3,(H,29,35)(H,30,36)(H,31,37)(H,33,34)(H,38,39). The van der Waals surface area contributed by atoms with Crippen LogP contribution < -0.4 is 21.7 Å². The zero-order chi connectivity index (χ0) is 29.3. The second kappa shape index (κ2) is 14.3. The Morgan fingerprint density at radius 1 is 0.949 bits per heavy atom. The molecule has 1 heterocycles. The van der Waals surface area contributed by atoms with Crippen LogP contribution in [0.4, 0.5) is 0 Å². The molecule has 0 aliphatic heterocycles. The van der Waals surface area contributed by atoms with E-state index in [0.29, 0.717) is 6.42 Å². The Hall–Kier alpha value is -3.97. The minimum Gasteiger partial charge on any atom is -0.481 e. The van der Waals surface area contributed by atoms with Gasteiger partial charge in [0, 0.05) is 23.5 Å². The summed E-state index contributed by atoms with van der Waals surface area (Å²) in [5.41, 5.74) is 7.78. The lowest BCUT2D eigenvalue weighted by Gasteiger charge is -2.28. The van der Waals surface area contributed by atoms with E-state index in [9.17, 15) is 34.2 Å². The molecule has 3 amide bonds. The molecular formula is C26H37N5O8. The van der Waals surface area contributed by atoms with Gasteiger partial charge in [0.2, 0.25) is 17.7 Å². The molecule has 13 heteroatoms. The molecule has 0 radical (unpaired) electrons. The molecule has 6 atom stereocenters. The molecule has 0 spiro atoms. The summed E-state index contributed by atoms with van der Waals surface area (Å²) in [5, 5.41) is 36.2. The number of carbonyl (C=O) groups excluding carboxylic acids is 3. The summed E-state index contributed by atoms with van der Waals surface area (Å²) in [6.45, 7) is 4.62. The van der Waals surface area contributed by atoms with Crippen LogP contribution in [-0.4, -0.2) is 80.2 Å². The Labute approximate surface area is 225 Å². The van der Waals surface area contributed by atoms with Gasteiger partial charge in [0.15, 0.2) is 6.04 Å². The van der Waals surface area contributed by atoms with Crippen molar-refractivity contribution in [2.75, 3.05) is 0 Å². The normalized spacial score (nSPS) is 15.8. The first kappa shape index (κ1) is 31.2. The second-order valence-electron chi connectivity index (χ2n) is 9.60. The van der Waals surface area contributed by atoms with Crippen LogP contribution in [0.5, 0.6) is 0 Å². The number of aromatic amines is 1. The number of hydrogen-bond donors (Lipinski definition) is 8. The Morgan fingerprint density at radius 3 is 2.18 bits per heavy atom. The van der Waals surface area contributed by atoms with Crippen LogP contribution in [0.25, 0.3) is 10.9 Å². The molecular weight excluding hydrogens is 510 g/mol. The van der Waals surface area contributed by atoms with E-state index in [2.05, 4.69) is 20.9 Å². The van der Waals surface area contributed by atoms with E-state index in [1.165, 1.54) is 6.92 Å². The molecule has 0 aliphatic carbocycles. The number of nitrogens with two attached hydrogens (primary N) is 1. The highest BCUT2D eigenvalue weighted by molar-refractivity contribution is 5.94. The van der Waals surface area contributed by atoms with Crippen molar-refractivity contribution in [1.29, 1.82) is 0 Å². The van der Waals surface area contributed by atoms with Crippen molar-refractivity contribution in [2.24, 2.45) is 11.7 Å². The fourth-order valence-corrected chi connectivity index (χ4v) is 4.03. The number of carboxylic acids is 2. The van der Waals surface area contributed by atoms with Gasteiger partial charge in [-0.3, -0.25) is 19.2 Å². The van der Waals surface area contributed by atoms with E-state index in [4.69, 9.17) is 10.8 Å². The van der Waals surface area contributed by atoms with Gasteiger partial charge in [0.1, 0.15) is 12.1 Å². The summed E-state index contributed by atoms with van der Waals surface area (Å²) in [6, 6.07) is 2.26. The largest absolute Gasteiger partial charge is 0.481 e. The van der Waals surface area contributed by atoms with Crippen LogP contribution >= 0.6 is 0 Å². The maximum absolute atomic E-state index is 13.2. The maximum atomic E-state index is 13.2. The Morgan fingerprint density at radius 2 is 1.59 bits per heavy atom. The van der Waals surface area contributed by atoms with Crippen molar-refractivity contribution < 1.29 is 39.3 Å². The van der Waals surface area contributed by atoms with Gasteiger partial charge in [-0.05, 0) is 37.3 Å². The van der Waals surface area contributed by atoms with Crippen LogP contribution in [0.2, 0.25) is 0 Å². The average molecular weight is 548 g/mol. The van der Waals surface area contributed by atoms with E-state index in [1.807, 2.05) is 24.3 Å². The molecule has 1 aromatic heterocycles. The summed E-state index contributed by atoms with van der Waals surface area (Å²) >= 11 is 0. The highest BCUT2D eigenvalue weighted by atomic mass is 16.4. The van der Waals surface area contributed by atoms with E-state index in [-0.39, 0.29) is 12.8 Å². The van der Waals surface area contributed by atoms with Crippen molar-refractivity contribution in [3.63, 3.8) is 0 Å². The summed E-state index contributed by atoms with van der Waals surface area (Å²) < 4.78 is 0. The number of aliphatic hydroxyl groups is 1. The van der Waals surface area contributed by atoms with E-state index in [0.717, 1.165) is 16.5 Å². The first-order chi connectivity index (χ1) is 18.3. The topological polar surface area (TPSA) is 224 Å². The number of hydrogen-bond acceptors (Lipinski definition) is 7. The van der Waals surface area contributed by atoms with Crippen LogP contribution in [0.15, 0.2) is 30.5 Å². The molecule has 0 fully saturated rings. The zero-order valence-corrected chi connectivity index (χ0v) is 22.1. The van der Waals surface area contributed by atoms with Crippen molar-refractivity contribution in [2.45, 2.75) is 76.7 Å². The number of fused-ring (bicyclic) bond motifs is 1. The fourth-order valence-electron chi connectivity index (χ4n) is 4.03. The zero-order valence-electron chi connectivity index (χ0n) is 22.1. The molecule has 0 saturated heterocycles. The smallest absolute Gasteiger partial charge is 0.328 e. The Bertz CT molecular complexity index is 1180. The fraction of sp³-hybridized carbons (Fsp3) is 0.500. The molecule has 0 bridgehead atoms. The van der Waals surface area contributed by atoms with Gasteiger partial charge in [-0.2, -0.15) is 0 Å². The number of aromatic nitrogens is 1. The number of para-hydroxylation sites is 1. The molecule has 2 aromatic rings. The van der Waals surface area contributed by atoms with Crippen LogP contribution in [0.1, 0.15) is 45.6 Å². The molecule has 1 aromatic carbocycles. The number of benzene rings is 1. The van der Waals surface area contributed by atoms with E-state index < -0.39 is 72.3 Å². The van der Waals surface area contributed by atoms with Crippen LogP contribution in [0, 0.1) is 5.92 Å². The third-order valence-corrected chi connectivity index (χ3v) is 6.57. The molecule has 13 nitrogen and oxygen atoms in total. The predicted octanol–water partition coefficient (Wildman–Crippen LogP) is -0.132. The van der Waals surface area contributed by atoms with Gasteiger partial charge in [0.05, 0.1) is 12.1 Å². The number of amides is 3. The molecule has 0 aliphatic rings. The van der Waals surface area contributed by atoms with Crippen molar-refractivity contribution >= 4 is 40.6 Å². The molecule has 39 heavy (non-hydrogen) atoms. The summed E-state index contributed by atoms with van der Waals surface area (Å²) in [6.07, 6.45) is 0.190. The summed E-state index contributed by atoms with van der Waals surface area (Å²) in [7, 11) is 0. The Kier molecular flexibility index (Phi) is 11.4. The van der Waals surface area contributed by atoms with E-state index in [1.54, 1.807) is 20.0 Å². The summed E-state index contributed by atoms with van der Waals surface area (Å²) in [4.78, 5) is 64.7. The van der Waals surface area contributed by atoms with Crippen molar-refractivity contribution in [1.82, 2.24) is 20.9 Å². The predicted molar refractivity (Wildman–Crippen MR) is 141 cm³/mol. The highest BCUT2D eigenvalue weighted by Gasteiger charge is 2.34. The van der Waals surface area contributed by atoms with Gasteiger partial charge in [-0.15, -0.1) is 0 Å². The number of H-pyrrole nitrogens is 1. The lowest BCUT2D eigenvalue weighted by Crippen LogP contribution is -2.59. The minimum absolute atomic E-state index is 0.150. The van der Waals surface area contributed by atoms with Crippen molar-refractivity contribution in [3.05, 3.63) is 36.0 Å². The summed E-state index contributed by atoms with van der Waals surface area (Å²) in [5.74, 6) is -5.46. The number of carboxylic acid groups (broad SMARTS) is 2. The van der Waals surface area contributed by atoms with Crippen LogP contribution in [-0.2, 0) is 30.4 Å². The third kappa shape index (κ3) is 8.79. The number of aliphatic hydroxyl groups excluding tert-OH is 1. The SMILES string of the molecule is CCC(C)C(NC(=O)C(CCC(=O)O)NC(=O)C(N)Cc1c[nH]c2ccccc12)C(=O)NC(C(=O)O)C(C)O. The third-order valence-electron chi connectivity index (χ3n) is 6.57. The first-order valence-corrected chi connectivity index (χ1v) is 12.7. The molecule has 6 unspecified atom stereocenters. The quantitative estimate of drug-likeness (QED) is 0.148. The monoisotopic (exact) mass is 547 g/mol. The average Bonchev–Trinajstić information content (AvgIpc) is 3.29. The van der Waals surface area contributed by atoms with Gasteiger partial charge in [-0.1, -0.05) is 38.5 Å². The van der Waals surface area contributed by atoms with Crippen LogP contribution in [0.3, 0.4) is 0 Å². The minimum atomic E-state index is -1.61. The molecule has 0 saturated carbocycles. The van der Waals surface area contributed by atoms with Crippen molar-refractivity contribution in [3.8, 4) is 0 Å². The number of nitrogens with one attached hydrogen (secondary N) is 4. The molecule has 2 rings (SSSR count). The highest BCUT2D eigenvalue weighted by Crippen LogP contribution is 2.19. The number of carbonyl (C=O) groups is 5. The first-order valence-electron chi connectivity index (χ1n) is 12.7. The van der Waals surface area contributed by atoms with Gasteiger partial charge in [-0.25, -0.2) is 4.79 Å². The lowest BCUT2D eigenvalue weighted by molar-refractivity contribution is -0.145. The maximum Gasteiger partial charge on any atom is 0.328 e. The second-order valence-corrected chi connectivity index (χ2v) is 9.60. The molecule has 9 N–H and O–H groups in total. The van der Waals surface area contributed by atoms with E-state index >= 15 is 0 Å². The Balaban J connectivity index is 2.17. The number of aliphatic carboxylic acids is 2. The lowest BCUT2D eigenvalue weighted by atomic mass is 9.96. The van der Waals surface area contributed by atoms with Gasteiger partial charge < -0.3 is 42.0 Å². The molecule has 214 valence electrons. The van der Waals surface area contributed by atoms with Gasteiger partial charge >= 0.3 is 11.9 Å². The number of rotatable bonds is 15. The van der Waals surface area contributed by atoms with Gasteiger partial charge in [0.25, 0.3) is 0 Å².